The fourth-order valence-corrected chi connectivity index (χ4v) is 1.78. The predicted octanol–water partition coefficient (Wildman–Crippen LogP) is 2.16. The molecule has 0 bridgehead atoms. The first-order valence-corrected chi connectivity index (χ1v) is 7.95. The van der Waals surface area contributed by atoms with Gasteiger partial charge in [0.15, 0.2) is 0 Å². The Morgan fingerprint density at radius 2 is 1.80 bits per heavy atom. The molecular weight excluding hydrogens is 272 g/mol. The second-order valence-electron chi connectivity index (χ2n) is 5.30. The van der Waals surface area contributed by atoms with Gasteiger partial charge in [-0.3, -0.25) is 0 Å². The third-order valence-corrected chi connectivity index (χ3v) is 4.38. The molecule has 0 radical (unpaired) electrons. The summed E-state index contributed by atoms with van der Waals surface area (Å²) in [5, 5.41) is 14.7. The molecule has 2 amide bonds. The van der Waals surface area contributed by atoms with Crippen LogP contribution in [0.5, 0.6) is 0 Å². The maximum absolute atomic E-state index is 11.6. The second-order valence-corrected chi connectivity index (χ2v) is 6.81. The van der Waals surface area contributed by atoms with Gasteiger partial charge in [-0.25, -0.2) is 4.79 Å². The molecule has 0 heterocycles. The van der Waals surface area contributed by atoms with Crippen molar-refractivity contribution in [3.05, 3.63) is 35.4 Å². The predicted molar refractivity (Wildman–Crippen MR) is 85.1 cm³/mol. The van der Waals surface area contributed by atoms with Gasteiger partial charge in [0.05, 0.1) is 6.61 Å². The van der Waals surface area contributed by atoms with Crippen molar-refractivity contribution >= 4 is 17.8 Å². The molecule has 1 aromatic rings. The van der Waals surface area contributed by atoms with E-state index in [2.05, 4.69) is 24.5 Å². The quantitative estimate of drug-likeness (QED) is 0.722. The summed E-state index contributed by atoms with van der Waals surface area (Å²) < 4.78 is 0.0530. The maximum atomic E-state index is 11.6. The van der Waals surface area contributed by atoms with Crippen molar-refractivity contribution in [3.63, 3.8) is 0 Å². The van der Waals surface area contributed by atoms with Crippen LogP contribution in [0.25, 0.3) is 0 Å². The Labute approximate surface area is 125 Å². The molecule has 0 atom stereocenters. The molecule has 20 heavy (non-hydrogen) atoms. The van der Waals surface area contributed by atoms with Crippen LogP contribution in [0.2, 0.25) is 0 Å². The minimum Gasteiger partial charge on any atom is -0.392 e. The van der Waals surface area contributed by atoms with Crippen molar-refractivity contribution < 1.29 is 9.90 Å². The number of benzene rings is 1. The first-order chi connectivity index (χ1) is 9.46. The number of amides is 2. The summed E-state index contributed by atoms with van der Waals surface area (Å²) in [5.41, 5.74) is 2.05. The second kappa shape index (κ2) is 8.17. The zero-order valence-electron chi connectivity index (χ0n) is 12.4. The Kier molecular flexibility index (Phi) is 6.88. The van der Waals surface area contributed by atoms with Crippen molar-refractivity contribution in [2.45, 2.75) is 31.6 Å². The molecule has 112 valence electrons. The van der Waals surface area contributed by atoms with Gasteiger partial charge in [0, 0.05) is 17.8 Å². The number of nitrogens with one attached hydrogen (secondary N) is 2. The fraction of sp³-hybridized carbons (Fsp3) is 0.533. The highest BCUT2D eigenvalue weighted by atomic mass is 32.2. The van der Waals surface area contributed by atoms with E-state index in [1.165, 1.54) is 0 Å². The number of rotatable bonds is 7. The monoisotopic (exact) mass is 296 g/mol. The first-order valence-electron chi connectivity index (χ1n) is 6.72. The number of hydrogen-bond acceptors (Lipinski definition) is 3. The lowest BCUT2D eigenvalue weighted by molar-refractivity contribution is 0.240. The Bertz CT molecular complexity index is 418. The minimum atomic E-state index is -0.126. The van der Waals surface area contributed by atoms with E-state index >= 15 is 0 Å². The van der Waals surface area contributed by atoms with Crippen LogP contribution in [-0.2, 0) is 13.0 Å². The van der Waals surface area contributed by atoms with Crippen LogP contribution >= 0.6 is 11.8 Å². The van der Waals surface area contributed by atoms with Crippen LogP contribution in [0.3, 0.4) is 0 Å². The van der Waals surface area contributed by atoms with Crippen molar-refractivity contribution in [1.29, 1.82) is 0 Å². The van der Waals surface area contributed by atoms with E-state index in [0.29, 0.717) is 13.1 Å². The molecule has 0 aliphatic carbocycles. The molecule has 0 saturated carbocycles. The average Bonchev–Trinajstić information content (AvgIpc) is 2.46. The number of aliphatic hydroxyl groups excluding tert-OH is 1. The number of hydrogen-bond donors (Lipinski definition) is 3. The molecule has 0 fully saturated rings. The molecule has 0 aliphatic rings. The lowest BCUT2D eigenvalue weighted by Crippen LogP contribution is -2.42. The molecule has 1 rings (SSSR count). The standard InChI is InChI=1S/C15H24N2O2S/c1-15(2,20-3)11-17-14(19)16-9-8-12-4-6-13(10-18)7-5-12/h4-7,18H,8-11H2,1-3H3,(H2,16,17,19). The number of thioether (sulfide) groups is 1. The van der Waals surface area contributed by atoms with Gasteiger partial charge in [-0.1, -0.05) is 24.3 Å². The summed E-state index contributed by atoms with van der Waals surface area (Å²) in [7, 11) is 0. The van der Waals surface area contributed by atoms with E-state index in [0.717, 1.165) is 17.5 Å². The largest absolute Gasteiger partial charge is 0.392 e. The van der Waals surface area contributed by atoms with Crippen LogP contribution < -0.4 is 10.6 Å². The molecular formula is C15H24N2O2S. The molecule has 0 saturated heterocycles. The summed E-state index contributed by atoms with van der Waals surface area (Å²) in [6, 6.07) is 7.62. The Balaban J connectivity index is 2.24. The van der Waals surface area contributed by atoms with Crippen molar-refractivity contribution in [2.75, 3.05) is 19.3 Å². The van der Waals surface area contributed by atoms with Gasteiger partial charge < -0.3 is 15.7 Å². The number of aliphatic hydroxyl groups is 1. The van der Waals surface area contributed by atoms with E-state index in [-0.39, 0.29) is 17.4 Å². The third kappa shape index (κ3) is 6.30. The third-order valence-electron chi connectivity index (χ3n) is 3.13. The van der Waals surface area contributed by atoms with Gasteiger partial charge >= 0.3 is 6.03 Å². The highest BCUT2D eigenvalue weighted by Crippen LogP contribution is 2.19. The van der Waals surface area contributed by atoms with Crippen molar-refractivity contribution in [2.24, 2.45) is 0 Å². The van der Waals surface area contributed by atoms with Crippen LogP contribution in [0.1, 0.15) is 25.0 Å². The summed E-state index contributed by atoms with van der Waals surface area (Å²) in [5.74, 6) is 0. The maximum Gasteiger partial charge on any atom is 0.314 e. The lowest BCUT2D eigenvalue weighted by atomic mass is 10.1. The smallest absolute Gasteiger partial charge is 0.314 e. The van der Waals surface area contributed by atoms with E-state index in [1.54, 1.807) is 11.8 Å². The van der Waals surface area contributed by atoms with E-state index < -0.39 is 0 Å². The zero-order chi connectivity index (χ0) is 15.0. The van der Waals surface area contributed by atoms with E-state index in [4.69, 9.17) is 5.11 Å². The molecule has 0 aliphatic heterocycles. The topological polar surface area (TPSA) is 61.4 Å². The zero-order valence-corrected chi connectivity index (χ0v) is 13.2. The molecule has 3 N–H and O–H groups in total. The Hall–Kier alpha value is -1.20. The summed E-state index contributed by atoms with van der Waals surface area (Å²) in [6.45, 7) is 5.50. The SMILES string of the molecule is CSC(C)(C)CNC(=O)NCCc1ccc(CO)cc1. The summed E-state index contributed by atoms with van der Waals surface area (Å²) in [6.07, 6.45) is 2.82. The van der Waals surface area contributed by atoms with Crippen molar-refractivity contribution in [1.82, 2.24) is 10.6 Å². The Morgan fingerprint density at radius 3 is 2.35 bits per heavy atom. The first kappa shape index (κ1) is 16.9. The molecule has 4 nitrogen and oxygen atoms in total. The van der Waals surface area contributed by atoms with Crippen LogP contribution in [0, 0.1) is 0 Å². The number of urea groups is 1. The molecule has 0 unspecified atom stereocenters. The van der Waals surface area contributed by atoms with E-state index in [9.17, 15) is 4.79 Å². The van der Waals surface area contributed by atoms with Gasteiger partial charge in [0.1, 0.15) is 0 Å². The van der Waals surface area contributed by atoms with Crippen LogP contribution in [0.15, 0.2) is 24.3 Å². The van der Waals surface area contributed by atoms with Crippen molar-refractivity contribution in [3.8, 4) is 0 Å². The minimum absolute atomic E-state index is 0.0530. The van der Waals surface area contributed by atoms with Gasteiger partial charge in [0.2, 0.25) is 0 Å². The Morgan fingerprint density at radius 1 is 1.20 bits per heavy atom. The molecule has 0 aromatic heterocycles. The van der Waals surface area contributed by atoms with Crippen LogP contribution in [0.4, 0.5) is 4.79 Å². The molecule has 5 heteroatoms. The number of carbonyl (C=O) groups excluding carboxylic acids is 1. The molecule has 1 aromatic carbocycles. The number of carbonyl (C=O) groups is 1. The van der Waals surface area contributed by atoms with Gasteiger partial charge in [0.25, 0.3) is 0 Å². The summed E-state index contributed by atoms with van der Waals surface area (Å²) >= 11 is 1.73. The highest BCUT2D eigenvalue weighted by molar-refractivity contribution is 7.99. The lowest BCUT2D eigenvalue weighted by Gasteiger charge is -2.22. The summed E-state index contributed by atoms with van der Waals surface area (Å²) in [4.78, 5) is 11.6. The van der Waals surface area contributed by atoms with Gasteiger partial charge in [-0.2, -0.15) is 11.8 Å². The fourth-order valence-electron chi connectivity index (χ4n) is 1.56. The van der Waals surface area contributed by atoms with Gasteiger partial charge in [-0.05, 0) is 37.7 Å². The molecule has 0 spiro atoms. The van der Waals surface area contributed by atoms with Crippen LogP contribution in [-0.4, -0.2) is 35.2 Å². The average molecular weight is 296 g/mol. The van der Waals surface area contributed by atoms with E-state index in [1.807, 2.05) is 30.5 Å². The normalized spacial score (nSPS) is 11.2. The highest BCUT2D eigenvalue weighted by Gasteiger charge is 2.16. The van der Waals surface area contributed by atoms with Gasteiger partial charge in [-0.15, -0.1) is 0 Å².